The molecule has 5 rings (SSSR count). The first-order valence-electron chi connectivity index (χ1n) is 11.8. The van der Waals surface area contributed by atoms with Crippen molar-refractivity contribution in [3.63, 3.8) is 0 Å². The third-order valence-electron chi connectivity index (χ3n) is 6.08. The second kappa shape index (κ2) is 10.3. The average Bonchev–Trinajstić information content (AvgIpc) is 3.48. The number of alkyl halides is 3. The second-order valence-corrected chi connectivity index (χ2v) is 10.1. The van der Waals surface area contributed by atoms with Crippen molar-refractivity contribution < 1.29 is 27.1 Å². The Morgan fingerprint density at radius 2 is 1.92 bits per heavy atom. The Bertz CT molecular complexity index is 1780. The third kappa shape index (κ3) is 5.22. The highest BCUT2D eigenvalue weighted by molar-refractivity contribution is 7.07. The van der Waals surface area contributed by atoms with Crippen LogP contribution in [-0.2, 0) is 15.7 Å². The normalized spacial score (nSPS) is 15.7. The van der Waals surface area contributed by atoms with Crippen molar-refractivity contribution in [1.29, 1.82) is 0 Å². The number of hydrogen-bond donors (Lipinski definition) is 0. The zero-order valence-electron chi connectivity index (χ0n) is 20.6. The summed E-state index contributed by atoms with van der Waals surface area (Å²) in [4.78, 5) is 31.5. The molecule has 11 heteroatoms. The lowest BCUT2D eigenvalue weighted by Crippen LogP contribution is -2.39. The van der Waals surface area contributed by atoms with Crippen molar-refractivity contribution in [1.82, 2.24) is 4.57 Å². The van der Waals surface area contributed by atoms with Crippen LogP contribution < -0.4 is 14.9 Å². The van der Waals surface area contributed by atoms with Gasteiger partial charge in [0.2, 0.25) is 0 Å². The van der Waals surface area contributed by atoms with Crippen molar-refractivity contribution in [2.45, 2.75) is 26.1 Å². The number of allylic oxidation sites excluding steroid dienone is 1. The summed E-state index contributed by atoms with van der Waals surface area (Å²) in [5.41, 5.74) is 0.359. The Balaban J connectivity index is 1.60. The lowest BCUT2D eigenvalue weighted by Gasteiger charge is -2.24. The first-order valence-corrected chi connectivity index (χ1v) is 13.0. The average molecular weight is 573 g/mol. The first kappa shape index (κ1) is 26.7. The van der Waals surface area contributed by atoms with Crippen LogP contribution in [0.25, 0.3) is 17.4 Å². The fraction of sp³-hybridized carbons (Fsp3) is 0.179. The van der Waals surface area contributed by atoms with Gasteiger partial charge in [-0.1, -0.05) is 47.2 Å². The highest BCUT2D eigenvalue weighted by Crippen LogP contribution is 2.33. The maximum absolute atomic E-state index is 13.6. The van der Waals surface area contributed by atoms with E-state index < -0.39 is 29.3 Å². The van der Waals surface area contributed by atoms with Gasteiger partial charge in [0.05, 0.1) is 34.0 Å². The van der Waals surface area contributed by atoms with E-state index >= 15 is 0 Å². The van der Waals surface area contributed by atoms with Gasteiger partial charge in [0.25, 0.3) is 5.56 Å². The molecule has 0 fully saturated rings. The number of nitrogens with zero attached hydrogens (tertiary/aromatic N) is 2. The lowest BCUT2D eigenvalue weighted by atomic mass is 9.96. The van der Waals surface area contributed by atoms with E-state index in [4.69, 9.17) is 20.8 Å². The number of fused-ring (bicyclic) bond motifs is 1. The Hall–Kier alpha value is -3.89. The predicted molar refractivity (Wildman–Crippen MR) is 141 cm³/mol. The van der Waals surface area contributed by atoms with Crippen LogP contribution in [0, 0.1) is 0 Å². The third-order valence-corrected chi connectivity index (χ3v) is 7.31. The van der Waals surface area contributed by atoms with Crippen molar-refractivity contribution in [3.8, 4) is 11.3 Å². The van der Waals surface area contributed by atoms with Crippen LogP contribution in [0.15, 0.2) is 86.1 Å². The van der Waals surface area contributed by atoms with E-state index in [9.17, 15) is 22.8 Å². The van der Waals surface area contributed by atoms with Crippen LogP contribution in [0.1, 0.15) is 36.8 Å². The molecule has 1 aliphatic heterocycles. The summed E-state index contributed by atoms with van der Waals surface area (Å²) < 4.78 is 52.1. The van der Waals surface area contributed by atoms with Crippen LogP contribution in [0.4, 0.5) is 13.2 Å². The maximum Gasteiger partial charge on any atom is 0.416 e. The van der Waals surface area contributed by atoms with Gasteiger partial charge in [-0.15, -0.1) is 0 Å². The van der Waals surface area contributed by atoms with E-state index in [2.05, 4.69) is 4.99 Å². The fourth-order valence-electron chi connectivity index (χ4n) is 4.32. The van der Waals surface area contributed by atoms with Gasteiger partial charge in [0.15, 0.2) is 4.80 Å². The standard InChI is InChI=1S/C28H20ClF3N2O4S/c1-3-37-26(36)23-15(2)33-27-34(24(23)16-7-9-19(29)10-8-16)25(35)22(39-27)14-20-11-12-21(38-20)17-5-4-6-18(13-17)28(30,31)32/h4-14,24H,3H2,1-2H3/b22-14-. The van der Waals surface area contributed by atoms with Gasteiger partial charge in [-0.25, -0.2) is 9.79 Å². The zero-order valence-corrected chi connectivity index (χ0v) is 22.2. The minimum Gasteiger partial charge on any atom is -0.463 e. The molecule has 0 radical (unpaired) electrons. The fourth-order valence-corrected chi connectivity index (χ4v) is 5.47. The quantitative estimate of drug-likeness (QED) is 0.286. The van der Waals surface area contributed by atoms with Gasteiger partial charge in [-0.3, -0.25) is 9.36 Å². The summed E-state index contributed by atoms with van der Waals surface area (Å²) in [5.74, 6) is -0.0820. The minimum atomic E-state index is -4.49. The predicted octanol–water partition coefficient (Wildman–Crippen LogP) is 5.73. The number of carbonyl (C=O) groups excluding carboxylic acids is 1. The van der Waals surface area contributed by atoms with E-state index in [0.717, 1.165) is 23.5 Å². The van der Waals surface area contributed by atoms with Crippen LogP contribution in [0.5, 0.6) is 0 Å². The minimum absolute atomic E-state index is 0.153. The molecule has 1 atom stereocenters. The molecular weight excluding hydrogens is 553 g/mol. The molecule has 0 saturated heterocycles. The van der Waals surface area contributed by atoms with E-state index in [0.29, 0.717) is 21.1 Å². The van der Waals surface area contributed by atoms with Gasteiger partial charge in [-0.05, 0) is 55.8 Å². The molecule has 1 aliphatic rings. The summed E-state index contributed by atoms with van der Waals surface area (Å²) >= 11 is 7.18. The molecule has 6 nitrogen and oxygen atoms in total. The van der Waals surface area contributed by atoms with Gasteiger partial charge in [-0.2, -0.15) is 13.2 Å². The molecule has 2 aromatic heterocycles. The molecule has 0 N–H and O–H groups in total. The molecule has 0 amide bonds. The Morgan fingerprint density at radius 3 is 2.62 bits per heavy atom. The molecule has 1 unspecified atom stereocenters. The number of carbonyl (C=O) groups is 1. The van der Waals surface area contributed by atoms with Crippen LogP contribution in [0.2, 0.25) is 5.02 Å². The van der Waals surface area contributed by atoms with Crippen molar-refractivity contribution >= 4 is 35.0 Å². The summed E-state index contributed by atoms with van der Waals surface area (Å²) in [7, 11) is 0. The lowest BCUT2D eigenvalue weighted by molar-refractivity contribution is -0.139. The molecule has 3 heterocycles. The van der Waals surface area contributed by atoms with E-state index in [-0.39, 0.29) is 33.8 Å². The van der Waals surface area contributed by atoms with E-state index in [1.165, 1.54) is 28.8 Å². The molecule has 0 spiro atoms. The van der Waals surface area contributed by atoms with Gasteiger partial charge in [0, 0.05) is 16.7 Å². The Labute approximate surface area is 228 Å². The molecule has 0 bridgehead atoms. The van der Waals surface area contributed by atoms with E-state index in [1.54, 1.807) is 44.2 Å². The zero-order chi connectivity index (χ0) is 27.9. The monoisotopic (exact) mass is 572 g/mol. The summed E-state index contributed by atoms with van der Waals surface area (Å²) in [5, 5.41) is 0.499. The van der Waals surface area contributed by atoms with Crippen molar-refractivity contribution in [3.05, 3.63) is 114 Å². The number of aromatic nitrogens is 1. The number of halogens is 4. The number of benzene rings is 2. The van der Waals surface area contributed by atoms with Gasteiger partial charge in [0.1, 0.15) is 11.5 Å². The number of furan rings is 1. The number of thiazole rings is 1. The van der Waals surface area contributed by atoms with Crippen LogP contribution in [-0.4, -0.2) is 17.1 Å². The SMILES string of the molecule is CCOC(=O)C1=C(C)N=c2s/c(=C\c3ccc(-c4cccc(C(F)(F)F)c4)o3)c(=O)n2C1c1ccc(Cl)cc1. The highest BCUT2D eigenvalue weighted by Gasteiger charge is 2.33. The number of ether oxygens (including phenoxy) is 1. The molecular formula is C28H20ClF3N2O4S. The maximum atomic E-state index is 13.6. The molecule has 0 aliphatic carbocycles. The number of esters is 1. The molecule has 0 saturated carbocycles. The first-order chi connectivity index (χ1) is 18.6. The summed E-state index contributed by atoms with van der Waals surface area (Å²) in [6.45, 7) is 3.53. The number of hydrogen-bond acceptors (Lipinski definition) is 6. The number of rotatable bonds is 5. The van der Waals surface area contributed by atoms with E-state index in [1.807, 2.05) is 0 Å². The largest absolute Gasteiger partial charge is 0.463 e. The Kier molecular flexibility index (Phi) is 7.09. The van der Waals surface area contributed by atoms with Crippen molar-refractivity contribution in [2.24, 2.45) is 4.99 Å². The molecule has 4 aromatic rings. The molecule has 2 aromatic carbocycles. The van der Waals surface area contributed by atoms with Crippen LogP contribution >= 0.6 is 22.9 Å². The second-order valence-electron chi connectivity index (χ2n) is 8.63. The van der Waals surface area contributed by atoms with Gasteiger partial charge < -0.3 is 9.15 Å². The topological polar surface area (TPSA) is 73.8 Å². The van der Waals surface area contributed by atoms with Crippen LogP contribution in [0.3, 0.4) is 0 Å². The van der Waals surface area contributed by atoms with Gasteiger partial charge >= 0.3 is 12.1 Å². The van der Waals surface area contributed by atoms with Crippen molar-refractivity contribution in [2.75, 3.05) is 6.61 Å². The smallest absolute Gasteiger partial charge is 0.416 e. The molecule has 200 valence electrons. The molecule has 39 heavy (non-hydrogen) atoms. The summed E-state index contributed by atoms with van der Waals surface area (Å²) in [6.07, 6.45) is -2.98. The Morgan fingerprint density at radius 1 is 1.18 bits per heavy atom. The summed E-state index contributed by atoms with van der Waals surface area (Å²) in [6, 6.07) is 13.9. The highest BCUT2D eigenvalue weighted by atomic mass is 35.5.